The lowest BCUT2D eigenvalue weighted by Crippen LogP contribution is -2.29. The average molecular weight is 223 g/mol. The van der Waals surface area contributed by atoms with E-state index >= 15 is 0 Å². The van der Waals surface area contributed by atoms with Gasteiger partial charge in [-0.25, -0.2) is 0 Å². The van der Waals surface area contributed by atoms with Crippen molar-refractivity contribution in [2.45, 2.75) is 33.8 Å². The molecule has 0 radical (unpaired) electrons. The van der Waals surface area contributed by atoms with Gasteiger partial charge in [-0.3, -0.25) is 0 Å². The second-order valence-electron chi connectivity index (χ2n) is 5.46. The number of furan rings is 1. The molecule has 1 unspecified atom stereocenters. The Morgan fingerprint density at radius 2 is 2.12 bits per heavy atom. The van der Waals surface area contributed by atoms with Crippen molar-refractivity contribution in [3.63, 3.8) is 0 Å². The molecule has 0 aliphatic carbocycles. The Kier molecular flexibility index (Phi) is 3.08. The fourth-order valence-corrected chi connectivity index (χ4v) is 2.15. The summed E-state index contributed by atoms with van der Waals surface area (Å²) in [7, 11) is 0. The SMILES string of the molecule is Cc1cc(C2CNCC(C)(C)CO2)c(C)o1. The lowest BCUT2D eigenvalue weighted by molar-refractivity contribution is 0.0253. The Morgan fingerprint density at radius 3 is 2.75 bits per heavy atom. The van der Waals surface area contributed by atoms with Crippen molar-refractivity contribution < 1.29 is 9.15 Å². The van der Waals surface area contributed by atoms with Gasteiger partial charge < -0.3 is 14.5 Å². The number of nitrogens with one attached hydrogen (secondary N) is 1. The highest BCUT2D eigenvalue weighted by Gasteiger charge is 2.27. The summed E-state index contributed by atoms with van der Waals surface area (Å²) in [6.45, 7) is 11.1. The van der Waals surface area contributed by atoms with Crippen molar-refractivity contribution in [2.75, 3.05) is 19.7 Å². The molecule has 2 heterocycles. The van der Waals surface area contributed by atoms with Gasteiger partial charge in [-0.1, -0.05) is 13.8 Å². The van der Waals surface area contributed by atoms with Crippen LogP contribution in [0.5, 0.6) is 0 Å². The van der Waals surface area contributed by atoms with E-state index < -0.39 is 0 Å². The standard InChI is InChI=1S/C13H21NO2/c1-9-5-11(10(2)16-9)12-6-14-7-13(3,4)8-15-12/h5,12,14H,6-8H2,1-4H3. The first-order valence-electron chi connectivity index (χ1n) is 5.87. The third-order valence-electron chi connectivity index (χ3n) is 3.03. The number of rotatable bonds is 1. The first-order chi connectivity index (χ1) is 7.48. The number of aryl methyl sites for hydroxylation is 2. The largest absolute Gasteiger partial charge is 0.466 e. The summed E-state index contributed by atoms with van der Waals surface area (Å²) >= 11 is 0. The molecule has 1 saturated heterocycles. The minimum absolute atomic E-state index is 0.124. The molecule has 1 atom stereocenters. The second-order valence-corrected chi connectivity index (χ2v) is 5.46. The fraction of sp³-hybridized carbons (Fsp3) is 0.692. The molecule has 2 rings (SSSR count). The van der Waals surface area contributed by atoms with E-state index in [1.165, 1.54) is 5.56 Å². The van der Waals surface area contributed by atoms with Crippen LogP contribution in [0.25, 0.3) is 0 Å². The zero-order valence-electron chi connectivity index (χ0n) is 10.6. The molecule has 1 fully saturated rings. The molecule has 90 valence electrons. The first-order valence-corrected chi connectivity index (χ1v) is 5.87. The van der Waals surface area contributed by atoms with E-state index in [-0.39, 0.29) is 11.5 Å². The molecule has 3 nitrogen and oxygen atoms in total. The molecule has 0 bridgehead atoms. The Bertz CT molecular complexity index is 368. The molecule has 3 heteroatoms. The lowest BCUT2D eigenvalue weighted by atomic mass is 9.95. The van der Waals surface area contributed by atoms with Gasteiger partial charge in [0.15, 0.2) is 0 Å². The van der Waals surface area contributed by atoms with E-state index in [1.807, 2.05) is 13.8 Å². The first kappa shape index (κ1) is 11.7. The van der Waals surface area contributed by atoms with Gasteiger partial charge in [-0.2, -0.15) is 0 Å². The van der Waals surface area contributed by atoms with E-state index in [1.54, 1.807) is 0 Å². The maximum Gasteiger partial charge on any atom is 0.106 e. The maximum absolute atomic E-state index is 5.98. The maximum atomic E-state index is 5.98. The normalized spacial score (nSPS) is 25.4. The van der Waals surface area contributed by atoms with Crippen molar-refractivity contribution in [1.82, 2.24) is 5.32 Å². The van der Waals surface area contributed by atoms with Crippen LogP contribution in [0.1, 0.15) is 37.0 Å². The molecule has 1 aliphatic rings. The zero-order chi connectivity index (χ0) is 11.8. The van der Waals surface area contributed by atoms with Crippen molar-refractivity contribution >= 4 is 0 Å². The van der Waals surface area contributed by atoms with E-state index in [4.69, 9.17) is 9.15 Å². The van der Waals surface area contributed by atoms with Crippen LogP contribution in [-0.2, 0) is 4.74 Å². The Balaban J connectivity index is 2.13. The third kappa shape index (κ3) is 2.47. The lowest BCUT2D eigenvalue weighted by Gasteiger charge is -2.21. The third-order valence-corrected chi connectivity index (χ3v) is 3.03. The summed E-state index contributed by atoms with van der Waals surface area (Å²) < 4.78 is 11.5. The van der Waals surface area contributed by atoms with E-state index in [0.717, 1.165) is 31.2 Å². The van der Waals surface area contributed by atoms with Crippen molar-refractivity contribution in [1.29, 1.82) is 0 Å². The van der Waals surface area contributed by atoms with Crippen LogP contribution >= 0.6 is 0 Å². The molecular formula is C13H21NO2. The molecule has 0 spiro atoms. The van der Waals surface area contributed by atoms with Gasteiger partial charge in [0, 0.05) is 24.1 Å². The van der Waals surface area contributed by atoms with Crippen molar-refractivity contribution in [3.8, 4) is 0 Å². The quantitative estimate of drug-likeness (QED) is 0.794. The molecule has 1 aromatic heterocycles. The molecule has 1 aliphatic heterocycles. The predicted molar refractivity (Wildman–Crippen MR) is 63.5 cm³/mol. The Labute approximate surface area is 97.2 Å². The average Bonchev–Trinajstić information content (AvgIpc) is 2.41. The van der Waals surface area contributed by atoms with Crippen LogP contribution in [0, 0.1) is 19.3 Å². The summed E-state index contributed by atoms with van der Waals surface area (Å²) in [5, 5.41) is 3.46. The number of hydrogen-bond donors (Lipinski definition) is 1. The Hall–Kier alpha value is -0.800. The smallest absolute Gasteiger partial charge is 0.106 e. The molecule has 16 heavy (non-hydrogen) atoms. The van der Waals surface area contributed by atoms with Crippen LogP contribution in [0.3, 0.4) is 0 Å². The summed E-state index contributed by atoms with van der Waals surface area (Å²) in [5.41, 5.74) is 1.39. The van der Waals surface area contributed by atoms with E-state index in [9.17, 15) is 0 Å². The highest BCUT2D eigenvalue weighted by atomic mass is 16.5. The van der Waals surface area contributed by atoms with Gasteiger partial charge in [0.25, 0.3) is 0 Å². The molecular weight excluding hydrogens is 202 g/mol. The van der Waals surface area contributed by atoms with E-state index in [0.29, 0.717) is 0 Å². The minimum Gasteiger partial charge on any atom is -0.466 e. The zero-order valence-corrected chi connectivity index (χ0v) is 10.6. The topological polar surface area (TPSA) is 34.4 Å². The summed E-state index contributed by atoms with van der Waals surface area (Å²) in [4.78, 5) is 0. The van der Waals surface area contributed by atoms with Crippen LogP contribution in [0.15, 0.2) is 10.5 Å². The van der Waals surface area contributed by atoms with Crippen LogP contribution in [0.2, 0.25) is 0 Å². The van der Waals surface area contributed by atoms with Crippen LogP contribution < -0.4 is 5.32 Å². The van der Waals surface area contributed by atoms with Gasteiger partial charge in [-0.05, 0) is 19.9 Å². The van der Waals surface area contributed by atoms with Gasteiger partial charge in [0.1, 0.15) is 11.5 Å². The molecule has 1 N–H and O–H groups in total. The molecule has 0 amide bonds. The van der Waals surface area contributed by atoms with Crippen LogP contribution in [0.4, 0.5) is 0 Å². The second kappa shape index (κ2) is 4.22. The minimum atomic E-state index is 0.124. The summed E-state index contributed by atoms with van der Waals surface area (Å²) in [5.74, 6) is 1.93. The Morgan fingerprint density at radius 1 is 1.38 bits per heavy atom. The van der Waals surface area contributed by atoms with Gasteiger partial charge in [0.2, 0.25) is 0 Å². The molecule has 0 saturated carbocycles. The fourth-order valence-electron chi connectivity index (χ4n) is 2.15. The highest BCUT2D eigenvalue weighted by molar-refractivity contribution is 5.23. The van der Waals surface area contributed by atoms with Gasteiger partial charge in [-0.15, -0.1) is 0 Å². The molecule has 1 aromatic rings. The van der Waals surface area contributed by atoms with Gasteiger partial charge in [0.05, 0.1) is 12.7 Å². The summed E-state index contributed by atoms with van der Waals surface area (Å²) in [6, 6.07) is 2.08. The van der Waals surface area contributed by atoms with Crippen molar-refractivity contribution in [3.05, 3.63) is 23.2 Å². The van der Waals surface area contributed by atoms with Crippen LogP contribution in [-0.4, -0.2) is 19.7 Å². The predicted octanol–water partition coefficient (Wildman–Crippen LogP) is 2.58. The van der Waals surface area contributed by atoms with Crippen molar-refractivity contribution in [2.24, 2.45) is 5.41 Å². The number of hydrogen-bond acceptors (Lipinski definition) is 3. The van der Waals surface area contributed by atoms with Gasteiger partial charge >= 0.3 is 0 Å². The monoisotopic (exact) mass is 223 g/mol. The molecule has 0 aromatic carbocycles. The number of ether oxygens (including phenoxy) is 1. The highest BCUT2D eigenvalue weighted by Crippen LogP contribution is 2.28. The summed E-state index contributed by atoms with van der Waals surface area (Å²) in [6.07, 6.45) is 0.124. The van der Waals surface area contributed by atoms with E-state index in [2.05, 4.69) is 25.2 Å².